The van der Waals surface area contributed by atoms with Gasteiger partial charge in [0, 0.05) is 6.42 Å². The summed E-state index contributed by atoms with van der Waals surface area (Å²) >= 11 is 0. The van der Waals surface area contributed by atoms with Crippen LogP contribution in [0.5, 0.6) is 0 Å². The normalized spacial score (nSPS) is 10.8. The number of carbonyl (C=O) groups is 1. The Balaban J connectivity index is 2.98. The molecule has 0 radical (unpaired) electrons. The third-order valence-corrected chi connectivity index (χ3v) is 4.24. The van der Waals surface area contributed by atoms with Crippen LogP contribution in [0, 0.1) is 0 Å². The average molecular weight is 317 g/mol. The standard InChI is InChI=1S/C19H37FO2/c1-22-19(21)17-15-13-11-9-7-5-3-2-4-6-8-10-12-14-16-18-20/h2-18H2,1H3. The molecule has 0 spiro atoms. The number of unbranched alkanes of at least 4 members (excludes halogenated alkanes) is 14. The van der Waals surface area contributed by atoms with Gasteiger partial charge < -0.3 is 4.74 Å². The second-order valence-electron chi connectivity index (χ2n) is 6.32. The van der Waals surface area contributed by atoms with Crippen LogP contribution in [0.1, 0.15) is 103 Å². The second kappa shape index (κ2) is 18.4. The fourth-order valence-corrected chi connectivity index (χ4v) is 2.76. The number of esters is 1. The molecule has 2 nitrogen and oxygen atoms in total. The lowest BCUT2D eigenvalue weighted by molar-refractivity contribution is -0.140. The predicted octanol–water partition coefficient (Wildman–Crippen LogP) is 6.37. The van der Waals surface area contributed by atoms with Gasteiger partial charge in [0.05, 0.1) is 13.8 Å². The van der Waals surface area contributed by atoms with E-state index >= 15 is 0 Å². The van der Waals surface area contributed by atoms with E-state index < -0.39 is 0 Å². The van der Waals surface area contributed by atoms with Gasteiger partial charge in [-0.2, -0.15) is 0 Å². The molecule has 0 aromatic carbocycles. The number of methoxy groups -OCH3 is 1. The highest BCUT2D eigenvalue weighted by molar-refractivity contribution is 5.68. The first-order valence-electron chi connectivity index (χ1n) is 9.44. The zero-order chi connectivity index (χ0) is 16.3. The largest absolute Gasteiger partial charge is 0.469 e. The van der Waals surface area contributed by atoms with Crippen LogP contribution in [0.2, 0.25) is 0 Å². The summed E-state index contributed by atoms with van der Waals surface area (Å²) in [5, 5.41) is 0. The number of rotatable bonds is 17. The van der Waals surface area contributed by atoms with Gasteiger partial charge in [0.15, 0.2) is 0 Å². The molecule has 0 aliphatic carbocycles. The Morgan fingerprint density at radius 1 is 0.636 bits per heavy atom. The van der Waals surface area contributed by atoms with Crippen LogP contribution in [0.3, 0.4) is 0 Å². The fourth-order valence-electron chi connectivity index (χ4n) is 2.76. The van der Waals surface area contributed by atoms with Gasteiger partial charge in [-0.3, -0.25) is 9.18 Å². The van der Waals surface area contributed by atoms with Gasteiger partial charge >= 0.3 is 5.97 Å². The lowest BCUT2D eigenvalue weighted by Crippen LogP contribution is -1.99. The molecular weight excluding hydrogens is 279 g/mol. The quantitative estimate of drug-likeness (QED) is 0.230. The molecule has 0 unspecified atom stereocenters. The lowest BCUT2D eigenvalue weighted by atomic mass is 10.0. The number of hydrogen-bond donors (Lipinski definition) is 0. The van der Waals surface area contributed by atoms with Gasteiger partial charge in [-0.05, 0) is 12.8 Å². The third kappa shape index (κ3) is 17.5. The van der Waals surface area contributed by atoms with E-state index in [9.17, 15) is 9.18 Å². The third-order valence-electron chi connectivity index (χ3n) is 4.24. The number of alkyl halides is 1. The molecule has 0 bridgehead atoms. The first kappa shape index (κ1) is 21.4. The SMILES string of the molecule is COC(=O)CCCCCCCCCCCCCCCCCF. The number of ether oxygens (including phenoxy) is 1. The zero-order valence-corrected chi connectivity index (χ0v) is 14.7. The van der Waals surface area contributed by atoms with E-state index in [0.717, 1.165) is 25.7 Å². The number of halogens is 1. The first-order valence-corrected chi connectivity index (χ1v) is 9.44. The molecule has 0 atom stereocenters. The van der Waals surface area contributed by atoms with E-state index in [1.807, 2.05) is 0 Å². The highest BCUT2D eigenvalue weighted by atomic mass is 19.1. The molecule has 0 aliphatic heterocycles. The van der Waals surface area contributed by atoms with Crippen LogP contribution in [-0.2, 0) is 9.53 Å². The molecule has 0 amide bonds. The Hall–Kier alpha value is -0.600. The molecule has 0 N–H and O–H groups in total. The van der Waals surface area contributed by atoms with Crippen molar-refractivity contribution in [2.75, 3.05) is 13.8 Å². The van der Waals surface area contributed by atoms with Crippen LogP contribution >= 0.6 is 0 Å². The zero-order valence-electron chi connectivity index (χ0n) is 14.7. The van der Waals surface area contributed by atoms with E-state index in [-0.39, 0.29) is 12.6 Å². The van der Waals surface area contributed by atoms with Crippen molar-refractivity contribution in [3.05, 3.63) is 0 Å². The van der Waals surface area contributed by atoms with Crippen LogP contribution in [0.15, 0.2) is 0 Å². The monoisotopic (exact) mass is 316 g/mol. The first-order chi connectivity index (χ1) is 10.8. The minimum absolute atomic E-state index is 0.0811. The van der Waals surface area contributed by atoms with Crippen molar-refractivity contribution in [3.8, 4) is 0 Å². The Morgan fingerprint density at radius 3 is 1.27 bits per heavy atom. The molecule has 132 valence electrons. The van der Waals surface area contributed by atoms with E-state index in [1.54, 1.807) is 0 Å². The smallest absolute Gasteiger partial charge is 0.305 e. The maximum absolute atomic E-state index is 11.9. The average Bonchev–Trinajstić information content (AvgIpc) is 2.54. The fraction of sp³-hybridized carbons (Fsp3) is 0.947. The molecule has 22 heavy (non-hydrogen) atoms. The van der Waals surface area contributed by atoms with Crippen LogP contribution in [0.25, 0.3) is 0 Å². The predicted molar refractivity (Wildman–Crippen MR) is 91.9 cm³/mol. The summed E-state index contributed by atoms with van der Waals surface area (Å²) in [6, 6.07) is 0. The summed E-state index contributed by atoms with van der Waals surface area (Å²) in [6.07, 6.45) is 19.0. The molecule has 0 aromatic heterocycles. The molecular formula is C19H37FO2. The van der Waals surface area contributed by atoms with Gasteiger partial charge in [0.1, 0.15) is 0 Å². The van der Waals surface area contributed by atoms with Crippen molar-refractivity contribution in [2.45, 2.75) is 103 Å². The van der Waals surface area contributed by atoms with Crippen molar-refractivity contribution in [3.63, 3.8) is 0 Å². The highest BCUT2D eigenvalue weighted by Gasteiger charge is 1.99. The molecule has 0 aliphatic rings. The van der Waals surface area contributed by atoms with Crippen LogP contribution in [-0.4, -0.2) is 19.8 Å². The van der Waals surface area contributed by atoms with Gasteiger partial charge in [-0.15, -0.1) is 0 Å². The highest BCUT2D eigenvalue weighted by Crippen LogP contribution is 2.13. The van der Waals surface area contributed by atoms with E-state index in [1.165, 1.54) is 77.7 Å². The maximum Gasteiger partial charge on any atom is 0.305 e. The van der Waals surface area contributed by atoms with Crippen LogP contribution < -0.4 is 0 Å². The Bertz CT molecular complexity index is 231. The van der Waals surface area contributed by atoms with Gasteiger partial charge in [0.25, 0.3) is 0 Å². The maximum atomic E-state index is 11.9. The Kier molecular flexibility index (Phi) is 17.9. The van der Waals surface area contributed by atoms with E-state index in [0.29, 0.717) is 6.42 Å². The molecule has 0 aromatic rings. The summed E-state index contributed by atoms with van der Waals surface area (Å²) in [4.78, 5) is 10.9. The minimum atomic E-state index is -0.148. The molecule has 0 fully saturated rings. The minimum Gasteiger partial charge on any atom is -0.469 e. The van der Waals surface area contributed by atoms with Crippen LogP contribution in [0.4, 0.5) is 4.39 Å². The lowest BCUT2D eigenvalue weighted by Gasteiger charge is -2.03. The summed E-state index contributed by atoms with van der Waals surface area (Å²) in [5.41, 5.74) is 0. The Labute approximate surface area is 137 Å². The van der Waals surface area contributed by atoms with Crippen molar-refractivity contribution in [1.29, 1.82) is 0 Å². The van der Waals surface area contributed by atoms with E-state index in [4.69, 9.17) is 0 Å². The number of carbonyl (C=O) groups excluding carboxylic acids is 1. The van der Waals surface area contributed by atoms with E-state index in [2.05, 4.69) is 4.74 Å². The molecule has 0 heterocycles. The van der Waals surface area contributed by atoms with Crippen molar-refractivity contribution in [1.82, 2.24) is 0 Å². The Morgan fingerprint density at radius 2 is 0.955 bits per heavy atom. The molecule has 0 saturated heterocycles. The van der Waals surface area contributed by atoms with Crippen molar-refractivity contribution < 1.29 is 13.9 Å². The van der Waals surface area contributed by atoms with Gasteiger partial charge in [-0.1, -0.05) is 83.5 Å². The molecule has 3 heteroatoms. The molecule has 0 saturated carbocycles. The number of hydrogen-bond acceptors (Lipinski definition) is 2. The summed E-state index contributed by atoms with van der Waals surface area (Å²) in [5.74, 6) is -0.0811. The summed E-state index contributed by atoms with van der Waals surface area (Å²) in [7, 11) is 1.45. The van der Waals surface area contributed by atoms with Crippen molar-refractivity contribution in [2.24, 2.45) is 0 Å². The summed E-state index contributed by atoms with van der Waals surface area (Å²) < 4.78 is 16.5. The topological polar surface area (TPSA) is 26.3 Å². The van der Waals surface area contributed by atoms with Gasteiger partial charge in [-0.25, -0.2) is 0 Å². The van der Waals surface area contributed by atoms with Gasteiger partial charge in [0.2, 0.25) is 0 Å². The van der Waals surface area contributed by atoms with Crippen molar-refractivity contribution >= 4 is 5.97 Å². The molecule has 0 rings (SSSR count). The summed E-state index contributed by atoms with van der Waals surface area (Å²) in [6.45, 7) is -0.148. The second-order valence-corrected chi connectivity index (χ2v) is 6.32.